The van der Waals surface area contributed by atoms with Crippen LogP contribution in [0.5, 0.6) is 0 Å². The highest BCUT2D eigenvalue weighted by atomic mass is 16.4. The maximum absolute atomic E-state index is 12.3. The topological polar surface area (TPSA) is 83.6 Å². The SMILES string of the molecule is C#CCN(CC(=O)O)C(=O)C1CCCCC1CN. The number of carboxylic acid groups (broad SMARTS) is 1. The van der Waals surface area contributed by atoms with Gasteiger partial charge >= 0.3 is 5.97 Å². The minimum atomic E-state index is -1.04. The monoisotopic (exact) mass is 252 g/mol. The van der Waals surface area contributed by atoms with Crippen molar-refractivity contribution >= 4 is 11.9 Å². The van der Waals surface area contributed by atoms with Gasteiger partial charge in [-0.3, -0.25) is 9.59 Å². The number of nitrogens with two attached hydrogens (primary N) is 1. The molecule has 0 aromatic rings. The summed E-state index contributed by atoms with van der Waals surface area (Å²) in [6.07, 6.45) is 8.96. The second-order valence-electron chi connectivity index (χ2n) is 4.68. The molecule has 1 aliphatic rings. The Bertz CT molecular complexity index is 349. The molecule has 0 aromatic heterocycles. The molecule has 0 aromatic carbocycles. The largest absolute Gasteiger partial charge is 0.480 e. The third-order valence-electron chi connectivity index (χ3n) is 3.45. The second kappa shape index (κ2) is 7.02. The molecule has 1 amide bonds. The number of carbonyl (C=O) groups excluding carboxylic acids is 1. The van der Waals surface area contributed by atoms with Crippen LogP contribution in [0, 0.1) is 24.2 Å². The van der Waals surface area contributed by atoms with Crippen LogP contribution >= 0.6 is 0 Å². The Balaban J connectivity index is 2.74. The van der Waals surface area contributed by atoms with Crippen LogP contribution < -0.4 is 5.73 Å². The third kappa shape index (κ3) is 3.74. The van der Waals surface area contributed by atoms with Gasteiger partial charge in [0.15, 0.2) is 0 Å². The zero-order chi connectivity index (χ0) is 13.5. The number of carbonyl (C=O) groups is 2. The van der Waals surface area contributed by atoms with Gasteiger partial charge in [0.2, 0.25) is 5.91 Å². The van der Waals surface area contributed by atoms with Gasteiger partial charge in [-0.25, -0.2) is 0 Å². The van der Waals surface area contributed by atoms with Crippen LogP contribution in [0.4, 0.5) is 0 Å². The van der Waals surface area contributed by atoms with Crippen LogP contribution in [-0.2, 0) is 9.59 Å². The lowest BCUT2D eigenvalue weighted by atomic mass is 9.78. The molecule has 18 heavy (non-hydrogen) atoms. The highest BCUT2D eigenvalue weighted by molar-refractivity contribution is 5.83. The molecule has 5 heteroatoms. The number of hydrogen-bond donors (Lipinski definition) is 2. The van der Waals surface area contributed by atoms with E-state index in [-0.39, 0.29) is 30.8 Å². The molecule has 0 spiro atoms. The molecular weight excluding hydrogens is 232 g/mol. The van der Waals surface area contributed by atoms with Crippen LogP contribution in [0.1, 0.15) is 25.7 Å². The summed E-state index contributed by atoms with van der Waals surface area (Å²) in [4.78, 5) is 24.3. The van der Waals surface area contributed by atoms with E-state index in [0.29, 0.717) is 6.54 Å². The van der Waals surface area contributed by atoms with Crippen molar-refractivity contribution in [2.24, 2.45) is 17.6 Å². The summed E-state index contributed by atoms with van der Waals surface area (Å²) in [6, 6.07) is 0. The van der Waals surface area contributed by atoms with Gasteiger partial charge in [-0.05, 0) is 25.3 Å². The lowest BCUT2D eigenvalue weighted by molar-refractivity contribution is -0.147. The normalized spacial score (nSPS) is 23.1. The van der Waals surface area contributed by atoms with Crippen molar-refractivity contribution in [2.75, 3.05) is 19.6 Å². The standard InChI is InChI=1S/C13H20N2O3/c1-2-7-15(9-12(16)17)13(18)11-6-4-3-5-10(11)8-14/h1,10-11H,3-9,14H2,(H,16,17). The smallest absolute Gasteiger partial charge is 0.323 e. The Morgan fingerprint density at radius 3 is 2.61 bits per heavy atom. The first-order valence-corrected chi connectivity index (χ1v) is 6.24. The third-order valence-corrected chi connectivity index (χ3v) is 3.45. The van der Waals surface area contributed by atoms with Crippen molar-refractivity contribution in [3.63, 3.8) is 0 Å². The van der Waals surface area contributed by atoms with Gasteiger partial charge in [-0.1, -0.05) is 18.8 Å². The highest BCUT2D eigenvalue weighted by Crippen LogP contribution is 2.30. The van der Waals surface area contributed by atoms with E-state index in [9.17, 15) is 9.59 Å². The number of amides is 1. The van der Waals surface area contributed by atoms with Gasteiger partial charge in [-0.15, -0.1) is 6.42 Å². The van der Waals surface area contributed by atoms with Gasteiger partial charge in [-0.2, -0.15) is 0 Å². The van der Waals surface area contributed by atoms with E-state index in [4.69, 9.17) is 17.3 Å². The minimum absolute atomic E-state index is 0.0406. The molecule has 2 atom stereocenters. The summed E-state index contributed by atoms with van der Waals surface area (Å²) in [5.74, 6) is 1.12. The van der Waals surface area contributed by atoms with Crippen molar-refractivity contribution in [1.82, 2.24) is 4.90 Å². The first-order valence-electron chi connectivity index (χ1n) is 6.24. The Morgan fingerprint density at radius 1 is 1.39 bits per heavy atom. The number of aliphatic carboxylic acids is 1. The number of rotatable bonds is 5. The molecule has 1 saturated carbocycles. The molecule has 0 aliphatic heterocycles. The van der Waals surface area contributed by atoms with E-state index in [1.165, 1.54) is 4.90 Å². The first-order chi connectivity index (χ1) is 8.60. The lowest BCUT2D eigenvalue weighted by Gasteiger charge is -2.33. The Hall–Kier alpha value is -1.54. The number of carboxylic acids is 1. The average Bonchev–Trinajstić information content (AvgIpc) is 2.37. The van der Waals surface area contributed by atoms with E-state index in [0.717, 1.165) is 25.7 Å². The molecule has 0 heterocycles. The molecule has 1 fully saturated rings. The summed E-state index contributed by atoms with van der Waals surface area (Å²) >= 11 is 0. The van der Waals surface area contributed by atoms with Crippen LogP contribution in [0.2, 0.25) is 0 Å². The minimum Gasteiger partial charge on any atom is -0.480 e. The molecule has 3 N–H and O–H groups in total. The van der Waals surface area contributed by atoms with Crippen molar-refractivity contribution in [2.45, 2.75) is 25.7 Å². The fourth-order valence-electron chi connectivity index (χ4n) is 2.53. The summed E-state index contributed by atoms with van der Waals surface area (Å²) in [5.41, 5.74) is 5.68. The van der Waals surface area contributed by atoms with Crippen molar-refractivity contribution in [1.29, 1.82) is 0 Å². The molecular formula is C13H20N2O3. The lowest BCUT2D eigenvalue weighted by Crippen LogP contribution is -2.44. The van der Waals surface area contributed by atoms with E-state index >= 15 is 0 Å². The number of hydrogen-bond acceptors (Lipinski definition) is 3. The fraction of sp³-hybridized carbons (Fsp3) is 0.692. The number of terminal acetylenes is 1. The van der Waals surface area contributed by atoms with Crippen molar-refractivity contribution in [3.05, 3.63) is 0 Å². The molecule has 0 bridgehead atoms. The van der Waals surface area contributed by atoms with Crippen molar-refractivity contribution in [3.8, 4) is 12.3 Å². The predicted octanol–water partition coefficient (Wildman–Crippen LogP) is 0.298. The predicted molar refractivity (Wildman–Crippen MR) is 67.6 cm³/mol. The summed E-state index contributed by atoms with van der Waals surface area (Å²) < 4.78 is 0. The quantitative estimate of drug-likeness (QED) is 0.689. The Morgan fingerprint density at radius 2 is 2.06 bits per heavy atom. The molecule has 2 unspecified atom stereocenters. The fourth-order valence-corrected chi connectivity index (χ4v) is 2.53. The second-order valence-corrected chi connectivity index (χ2v) is 4.68. The maximum Gasteiger partial charge on any atom is 0.323 e. The van der Waals surface area contributed by atoms with E-state index in [1.54, 1.807) is 0 Å². The molecule has 1 rings (SSSR count). The molecule has 100 valence electrons. The summed E-state index contributed by atoms with van der Waals surface area (Å²) in [5, 5.41) is 8.79. The first kappa shape index (κ1) is 14.5. The molecule has 5 nitrogen and oxygen atoms in total. The zero-order valence-electron chi connectivity index (χ0n) is 10.5. The Kier molecular flexibility index (Phi) is 5.66. The highest BCUT2D eigenvalue weighted by Gasteiger charge is 2.33. The van der Waals surface area contributed by atoms with Crippen LogP contribution in [0.25, 0.3) is 0 Å². The summed E-state index contributed by atoms with van der Waals surface area (Å²) in [6.45, 7) is 0.170. The van der Waals surface area contributed by atoms with Gasteiger partial charge in [0.25, 0.3) is 0 Å². The molecule has 0 radical (unpaired) electrons. The van der Waals surface area contributed by atoms with E-state index < -0.39 is 5.97 Å². The maximum atomic E-state index is 12.3. The van der Waals surface area contributed by atoms with Gasteiger partial charge in [0.1, 0.15) is 6.54 Å². The molecule has 1 aliphatic carbocycles. The van der Waals surface area contributed by atoms with Gasteiger partial charge in [0.05, 0.1) is 6.54 Å². The van der Waals surface area contributed by atoms with Gasteiger partial charge in [0, 0.05) is 5.92 Å². The number of nitrogens with zero attached hydrogens (tertiary/aromatic N) is 1. The summed E-state index contributed by atoms with van der Waals surface area (Å²) in [7, 11) is 0. The Labute approximate surface area is 107 Å². The van der Waals surface area contributed by atoms with E-state index in [1.807, 2.05) is 0 Å². The van der Waals surface area contributed by atoms with E-state index in [2.05, 4.69) is 5.92 Å². The van der Waals surface area contributed by atoms with Gasteiger partial charge < -0.3 is 15.7 Å². The van der Waals surface area contributed by atoms with Crippen LogP contribution in [-0.4, -0.2) is 41.5 Å². The zero-order valence-corrected chi connectivity index (χ0v) is 10.5. The van der Waals surface area contributed by atoms with Crippen LogP contribution in [0.3, 0.4) is 0 Å². The van der Waals surface area contributed by atoms with Crippen LogP contribution in [0.15, 0.2) is 0 Å². The molecule has 0 saturated heterocycles. The van der Waals surface area contributed by atoms with Crippen molar-refractivity contribution < 1.29 is 14.7 Å². The average molecular weight is 252 g/mol.